The second-order valence-electron chi connectivity index (χ2n) is 8.01. The number of hydrogen-bond donors (Lipinski definition) is 1. The minimum Gasteiger partial charge on any atom is -0.442 e. The summed E-state index contributed by atoms with van der Waals surface area (Å²) in [6, 6.07) is 4.69. The predicted octanol–water partition coefficient (Wildman–Crippen LogP) is 0.885. The monoisotopic (exact) mass is 446 g/mol. The maximum absolute atomic E-state index is 15.0. The van der Waals surface area contributed by atoms with Gasteiger partial charge in [-0.1, -0.05) is 5.21 Å². The van der Waals surface area contributed by atoms with Crippen LogP contribution in [0.3, 0.4) is 0 Å². The molecule has 0 unspecified atom stereocenters. The summed E-state index contributed by atoms with van der Waals surface area (Å²) >= 11 is 0. The molecule has 2 amide bonds. The van der Waals surface area contributed by atoms with E-state index < -0.39 is 29.7 Å². The minimum absolute atomic E-state index is 0.112. The number of primary amides is 1. The largest absolute Gasteiger partial charge is 0.442 e. The number of halogens is 1. The Morgan fingerprint density at radius 1 is 1.25 bits per heavy atom. The number of ether oxygens (including phenoxy) is 3. The van der Waals surface area contributed by atoms with Crippen molar-refractivity contribution in [2.24, 2.45) is 5.73 Å². The minimum atomic E-state index is -0.677. The van der Waals surface area contributed by atoms with Crippen LogP contribution < -0.4 is 15.5 Å². The summed E-state index contributed by atoms with van der Waals surface area (Å²) < 4.78 is 33.1. The molecule has 1 spiro atoms. The van der Waals surface area contributed by atoms with Crippen LogP contribution in [-0.2, 0) is 20.8 Å². The Morgan fingerprint density at radius 3 is 2.69 bits per heavy atom. The van der Waals surface area contributed by atoms with Gasteiger partial charge in [-0.2, -0.15) is 0 Å². The number of cyclic esters (lactones) is 1. The van der Waals surface area contributed by atoms with Gasteiger partial charge in [-0.3, -0.25) is 9.69 Å². The number of amides is 2. The normalized spacial score (nSPS) is 22.5. The zero-order chi connectivity index (χ0) is 22.3. The molecule has 3 aliphatic heterocycles. The van der Waals surface area contributed by atoms with Crippen molar-refractivity contribution in [2.75, 3.05) is 42.6 Å². The van der Waals surface area contributed by atoms with Crippen LogP contribution in [0.1, 0.15) is 23.3 Å². The van der Waals surface area contributed by atoms with Gasteiger partial charge >= 0.3 is 6.09 Å². The molecule has 11 nitrogen and oxygen atoms in total. The van der Waals surface area contributed by atoms with Gasteiger partial charge < -0.3 is 24.8 Å². The fraction of sp³-hybridized carbons (Fsp3) is 0.500. The molecule has 2 aromatic rings. The summed E-state index contributed by atoms with van der Waals surface area (Å²) in [6.45, 7) is 2.71. The van der Waals surface area contributed by atoms with Crippen molar-refractivity contribution in [3.8, 4) is 0 Å². The standard InChI is InChI=1S/C20H23FN6O5/c21-15-9-13(1-2-16(15)25-5-3-20(4-6-25)30-7-8-31-20)26-11-14(32-19(26)29)12-27-17(18(22)28)10-23-24-27/h1-2,9-10,14H,3-8,11-12H2,(H2,22,28)/t14-/m0/s1. The highest BCUT2D eigenvalue weighted by molar-refractivity contribution is 5.91. The van der Waals surface area contributed by atoms with Crippen LogP contribution >= 0.6 is 0 Å². The van der Waals surface area contributed by atoms with Gasteiger partial charge in [-0.15, -0.1) is 5.10 Å². The second kappa shape index (κ2) is 8.02. The van der Waals surface area contributed by atoms with Crippen molar-refractivity contribution >= 4 is 23.4 Å². The van der Waals surface area contributed by atoms with E-state index in [1.54, 1.807) is 12.1 Å². The summed E-state index contributed by atoms with van der Waals surface area (Å²) in [6.07, 6.45) is 1.40. The first kappa shape index (κ1) is 20.6. The molecule has 0 saturated carbocycles. The molecule has 1 atom stereocenters. The maximum atomic E-state index is 15.0. The third-order valence-corrected chi connectivity index (χ3v) is 6.04. The van der Waals surface area contributed by atoms with E-state index in [9.17, 15) is 14.0 Å². The number of carbonyl (C=O) groups is 2. The molecule has 4 heterocycles. The zero-order valence-corrected chi connectivity index (χ0v) is 17.3. The van der Waals surface area contributed by atoms with Crippen molar-refractivity contribution in [3.63, 3.8) is 0 Å². The van der Waals surface area contributed by atoms with Gasteiger partial charge in [0.2, 0.25) is 0 Å². The van der Waals surface area contributed by atoms with Crippen LogP contribution in [0.2, 0.25) is 0 Å². The molecule has 5 rings (SSSR count). The Bertz CT molecular complexity index is 1030. The highest BCUT2D eigenvalue weighted by Crippen LogP contribution is 2.35. The van der Waals surface area contributed by atoms with E-state index in [1.165, 1.54) is 21.8 Å². The Labute approximate surface area is 182 Å². The number of nitrogens with two attached hydrogens (primary N) is 1. The molecule has 2 N–H and O–H groups in total. The van der Waals surface area contributed by atoms with Gasteiger partial charge in [0.25, 0.3) is 5.91 Å². The topological polar surface area (TPSA) is 125 Å². The Balaban J connectivity index is 1.25. The number of piperidine rings is 1. The smallest absolute Gasteiger partial charge is 0.414 e. The first-order valence-electron chi connectivity index (χ1n) is 10.4. The molecule has 3 saturated heterocycles. The van der Waals surface area contributed by atoms with Gasteiger partial charge in [0, 0.05) is 25.9 Å². The van der Waals surface area contributed by atoms with Gasteiger partial charge in [0.05, 0.1) is 43.9 Å². The number of anilines is 2. The Hall–Kier alpha value is -3.25. The van der Waals surface area contributed by atoms with Crippen LogP contribution in [0.4, 0.5) is 20.6 Å². The zero-order valence-electron chi connectivity index (χ0n) is 17.3. The lowest BCUT2D eigenvalue weighted by molar-refractivity contribution is -0.169. The lowest BCUT2D eigenvalue weighted by Gasteiger charge is -2.38. The summed E-state index contributed by atoms with van der Waals surface area (Å²) in [5, 5.41) is 7.46. The van der Waals surface area contributed by atoms with Gasteiger partial charge in [-0.05, 0) is 18.2 Å². The van der Waals surface area contributed by atoms with E-state index in [-0.39, 0.29) is 18.8 Å². The van der Waals surface area contributed by atoms with Crippen molar-refractivity contribution < 1.29 is 28.2 Å². The number of carbonyl (C=O) groups excluding carboxylic acids is 2. The van der Waals surface area contributed by atoms with E-state index in [0.717, 1.165) is 0 Å². The van der Waals surface area contributed by atoms with Crippen LogP contribution in [0.5, 0.6) is 0 Å². The average Bonchev–Trinajstić information content (AvgIpc) is 3.50. The molecular weight excluding hydrogens is 423 g/mol. The number of benzene rings is 1. The average molecular weight is 446 g/mol. The Morgan fingerprint density at radius 2 is 2.00 bits per heavy atom. The third kappa shape index (κ3) is 3.75. The molecule has 0 aliphatic carbocycles. The molecule has 3 aliphatic rings. The van der Waals surface area contributed by atoms with Crippen molar-refractivity contribution in [1.82, 2.24) is 15.0 Å². The Kier molecular flexibility index (Phi) is 5.18. The van der Waals surface area contributed by atoms with Crippen molar-refractivity contribution in [1.29, 1.82) is 0 Å². The van der Waals surface area contributed by atoms with E-state index in [1.807, 2.05) is 4.90 Å². The molecule has 170 valence electrons. The molecular formula is C20H23FN6O5. The van der Waals surface area contributed by atoms with E-state index in [2.05, 4.69) is 10.3 Å². The van der Waals surface area contributed by atoms with Crippen LogP contribution in [0.15, 0.2) is 24.4 Å². The lowest BCUT2D eigenvalue weighted by Crippen LogP contribution is -2.45. The summed E-state index contributed by atoms with van der Waals surface area (Å²) in [4.78, 5) is 27.1. The van der Waals surface area contributed by atoms with E-state index in [4.69, 9.17) is 19.9 Å². The highest BCUT2D eigenvalue weighted by atomic mass is 19.1. The van der Waals surface area contributed by atoms with E-state index >= 15 is 0 Å². The highest BCUT2D eigenvalue weighted by Gasteiger charge is 2.40. The molecule has 0 bridgehead atoms. The molecule has 3 fully saturated rings. The molecule has 1 aromatic heterocycles. The number of aromatic nitrogens is 3. The number of rotatable bonds is 5. The fourth-order valence-corrected chi connectivity index (χ4v) is 4.40. The molecule has 0 radical (unpaired) electrons. The summed E-state index contributed by atoms with van der Waals surface area (Å²) in [5.41, 5.74) is 6.27. The van der Waals surface area contributed by atoms with E-state index in [0.29, 0.717) is 50.5 Å². The molecule has 1 aromatic carbocycles. The first-order chi connectivity index (χ1) is 15.4. The van der Waals surface area contributed by atoms with Gasteiger partial charge in [0.1, 0.15) is 17.6 Å². The second-order valence-corrected chi connectivity index (χ2v) is 8.01. The van der Waals surface area contributed by atoms with Gasteiger partial charge in [-0.25, -0.2) is 13.9 Å². The quantitative estimate of drug-likeness (QED) is 0.718. The maximum Gasteiger partial charge on any atom is 0.414 e. The third-order valence-electron chi connectivity index (χ3n) is 6.04. The van der Waals surface area contributed by atoms with Crippen LogP contribution in [-0.4, -0.2) is 71.7 Å². The first-order valence-corrected chi connectivity index (χ1v) is 10.4. The molecule has 12 heteroatoms. The number of hydrogen-bond acceptors (Lipinski definition) is 8. The van der Waals surface area contributed by atoms with Crippen LogP contribution in [0, 0.1) is 5.82 Å². The fourth-order valence-electron chi connectivity index (χ4n) is 4.40. The van der Waals surface area contributed by atoms with Gasteiger partial charge in [0.15, 0.2) is 5.79 Å². The SMILES string of the molecule is NC(=O)c1cnnn1C[C@@H]1CN(c2ccc(N3CCC4(CC3)OCCO4)c(F)c2)C(=O)O1. The molecule has 32 heavy (non-hydrogen) atoms. The lowest BCUT2D eigenvalue weighted by atomic mass is 10.0. The van der Waals surface area contributed by atoms with Crippen molar-refractivity contribution in [3.05, 3.63) is 35.9 Å². The summed E-state index contributed by atoms with van der Waals surface area (Å²) in [5.74, 6) is -1.63. The number of nitrogens with zero attached hydrogens (tertiary/aromatic N) is 5. The van der Waals surface area contributed by atoms with Crippen LogP contribution in [0.25, 0.3) is 0 Å². The predicted molar refractivity (Wildman–Crippen MR) is 109 cm³/mol. The summed E-state index contributed by atoms with van der Waals surface area (Å²) in [7, 11) is 0. The van der Waals surface area contributed by atoms with Crippen molar-refractivity contribution in [2.45, 2.75) is 31.3 Å².